The van der Waals surface area contributed by atoms with Crippen LogP contribution in [0.15, 0.2) is 12.1 Å². The Labute approximate surface area is 91.8 Å². The first-order valence-corrected chi connectivity index (χ1v) is 5.07. The van der Waals surface area contributed by atoms with E-state index >= 15 is 0 Å². The van der Waals surface area contributed by atoms with Crippen LogP contribution in [0.2, 0.25) is 5.02 Å². The summed E-state index contributed by atoms with van der Waals surface area (Å²) in [6, 6.07) is 2.70. The average molecular weight is 232 g/mol. The van der Waals surface area contributed by atoms with Gasteiger partial charge >= 0.3 is 0 Å². The summed E-state index contributed by atoms with van der Waals surface area (Å²) in [5, 5.41) is 12.6. The molecule has 2 rings (SSSR count). The third-order valence-corrected chi connectivity index (χ3v) is 2.65. The van der Waals surface area contributed by atoms with Crippen molar-refractivity contribution in [3.05, 3.63) is 28.5 Å². The van der Waals surface area contributed by atoms with E-state index in [1.54, 1.807) is 0 Å². The first kappa shape index (κ1) is 10.7. The molecule has 15 heavy (non-hydrogen) atoms. The van der Waals surface area contributed by atoms with Gasteiger partial charge in [-0.25, -0.2) is 4.39 Å². The van der Waals surface area contributed by atoms with Crippen molar-refractivity contribution < 1.29 is 14.2 Å². The van der Waals surface area contributed by atoms with E-state index in [0.29, 0.717) is 13.2 Å². The standard InChI is InChI=1S/C10H11ClFNO2/c11-6-1-2-7(14)9(10(6)12)8-5-13-3-4-15-8/h1-2,8,13-14H,3-5H2. The number of rotatable bonds is 1. The molecule has 1 aromatic carbocycles. The second-order valence-electron chi connectivity index (χ2n) is 3.36. The smallest absolute Gasteiger partial charge is 0.151 e. The lowest BCUT2D eigenvalue weighted by molar-refractivity contribution is 0.0241. The van der Waals surface area contributed by atoms with E-state index in [2.05, 4.69) is 5.32 Å². The lowest BCUT2D eigenvalue weighted by atomic mass is 10.1. The van der Waals surface area contributed by atoms with Crippen LogP contribution in [0.5, 0.6) is 5.75 Å². The third kappa shape index (κ3) is 2.07. The molecule has 1 aromatic rings. The maximum atomic E-state index is 13.6. The molecule has 5 heteroatoms. The fourth-order valence-electron chi connectivity index (χ4n) is 1.61. The Morgan fingerprint density at radius 3 is 3.00 bits per heavy atom. The van der Waals surface area contributed by atoms with Gasteiger partial charge in [0.1, 0.15) is 11.9 Å². The van der Waals surface area contributed by atoms with Crippen molar-refractivity contribution in [1.29, 1.82) is 0 Å². The van der Waals surface area contributed by atoms with Crippen molar-refractivity contribution in [3.8, 4) is 5.75 Å². The quantitative estimate of drug-likeness (QED) is 0.775. The molecule has 0 radical (unpaired) electrons. The van der Waals surface area contributed by atoms with Gasteiger partial charge in [0, 0.05) is 13.1 Å². The third-order valence-electron chi connectivity index (χ3n) is 2.36. The molecule has 1 heterocycles. The minimum Gasteiger partial charge on any atom is -0.507 e. The zero-order valence-electron chi connectivity index (χ0n) is 7.96. The van der Waals surface area contributed by atoms with Crippen LogP contribution in [0.1, 0.15) is 11.7 Å². The van der Waals surface area contributed by atoms with Gasteiger partial charge in [-0.15, -0.1) is 0 Å². The van der Waals surface area contributed by atoms with Crippen LogP contribution in [0.3, 0.4) is 0 Å². The fraction of sp³-hybridized carbons (Fsp3) is 0.400. The molecule has 1 saturated heterocycles. The summed E-state index contributed by atoms with van der Waals surface area (Å²) >= 11 is 5.64. The number of hydrogen-bond acceptors (Lipinski definition) is 3. The second kappa shape index (κ2) is 4.35. The molecule has 1 fully saturated rings. The average Bonchev–Trinajstić information content (AvgIpc) is 2.26. The summed E-state index contributed by atoms with van der Waals surface area (Å²) in [7, 11) is 0. The molecule has 0 saturated carbocycles. The van der Waals surface area contributed by atoms with Gasteiger partial charge in [-0.1, -0.05) is 11.6 Å². The van der Waals surface area contributed by atoms with Crippen LogP contribution in [-0.4, -0.2) is 24.8 Å². The summed E-state index contributed by atoms with van der Waals surface area (Å²) in [6.45, 7) is 1.71. The zero-order valence-corrected chi connectivity index (χ0v) is 8.72. The number of nitrogens with one attached hydrogen (secondary N) is 1. The van der Waals surface area contributed by atoms with E-state index in [1.807, 2.05) is 0 Å². The van der Waals surface area contributed by atoms with E-state index in [9.17, 15) is 9.50 Å². The highest BCUT2D eigenvalue weighted by Gasteiger charge is 2.24. The Morgan fingerprint density at radius 2 is 2.33 bits per heavy atom. The molecule has 0 aliphatic carbocycles. The molecule has 0 amide bonds. The Morgan fingerprint density at radius 1 is 1.53 bits per heavy atom. The van der Waals surface area contributed by atoms with Crippen molar-refractivity contribution in [2.75, 3.05) is 19.7 Å². The summed E-state index contributed by atoms with van der Waals surface area (Å²) in [6.07, 6.45) is -0.475. The number of phenols is 1. The lowest BCUT2D eigenvalue weighted by Crippen LogP contribution is -2.33. The highest BCUT2D eigenvalue weighted by Crippen LogP contribution is 2.33. The summed E-state index contributed by atoms with van der Waals surface area (Å²) in [5.41, 5.74) is 0.134. The second-order valence-corrected chi connectivity index (χ2v) is 3.76. The minimum atomic E-state index is -0.606. The molecule has 3 nitrogen and oxygen atoms in total. The topological polar surface area (TPSA) is 41.5 Å². The molecule has 1 atom stereocenters. The predicted octanol–water partition coefficient (Wildman–Crippen LogP) is 1.85. The van der Waals surface area contributed by atoms with Crippen LogP contribution in [0.4, 0.5) is 4.39 Å². The SMILES string of the molecule is Oc1ccc(Cl)c(F)c1C1CNCCO1. The van der Waals surface area contributed by atoms with Crippen molar-refractivity contribution in [3.63, 3.8) is 0 Å². The van der Waals surface area contributed by atoms with Gasteiger partial charge in [0.15, 0.2) is 5.82 Å². The van der Waals surface area contributed by atoms with Crippen LogP contribution in [-0.2, 0) is 4.74 Å². The molecule has 1 aliphatic rings. The molecule has 1 aliphatic heterocycles. The molecule has 82 valence electrons. The normalized spacial score (nSPS) is 21.6. The molecular formula is C10H11ClFNO2. The lowest BCUT2D eigenvalue weighted by Gasteiger charge is -2.25. The number of benzene rings is 1. The number of hydrogen-bond donors (Lipinski definition) is 2. The van der Waals surface area contributed by atoms with E-state index in [-0.39, 0.29) is 16.3 Å². The van der Waals surface area contributed by atoms with Crippen molar-refractivity contribution in [1.82, 2.24) is 5.32 Å². The Bertz CT molecular complexity index is 367. The molecule has 1 unspecified atom stereocenters. The maximum absolute atomic E-state index is 13.6. The molecule has 0 aromatic heterocycles. The van der Waals surface area contributed by atoms with Gasteiger partial charge in [0.2, 0.25) is 0 Å². The minimum absolute atomic E-state index is 0.00280. The van der Waals surface area contributed by atoms with Gasteiger partial charge in [-0.3, -0.25) is 0 Å². The Kier molecular flexibility index (Phi) is 3.09. The van der Waals surface area contributed by atoms with Crippen LogP contribution >= 0.6 is 11.6 Å². The summed E-state index contributed by atoms with van der Waals surface area (Å²) < 4.78 is 19.0. The molecular weight excluding hydrogens is 221 g/mol. The molecule has 2 N–H and O–H groups in total. The van der Waals surface area contributed by atoms with Crippen molar-refractivity contribution in [2.24, 2.45) is 0 Å². The van der Waals surface area contributed by atoms with E-state index < -0.39 is 11.9 Å². The van der Waals surface area contributed by atoms with Crippen LogP contribution < -0.4 is 5.32 Å². The van der Waals surface area contributed by atoms with Gasteiger partial charge in [0.25, 0.3) is 0 Å². The van der Waals surface area contributed by atoms with Crippen molar-refractivity contribution >= 4 is 11.6 Å². The molecule has 0 spiro atoms. The number of phenolic OH excluding ortho intramolecular Hbond substituents is 1. The first-order valence-electron chi connectivity index (χ1n) is 4.69. The van der Waals surface area contributed by atoms with Gasteiger partial charge < -0.3 is 15.2 Å². The Hall–Kier alpha value is -0.840. The predicted molar refractivity (Wildman–Crippen MR) is 54.6 cm³/mol. The van der Waals surface area contributed by atoms with Crippen LogP contribution in [0.25, 0.3) is 0 Å². The number of halogens is 2. The van der Waals surface area contributed by atoms with Crippen LogP contribution in [0, 0.1) is 5.82 Å². The monoisotopic (exact) mass is 231 g/mol. The van der Waals surface area contributed by atoms with E-state index in [1.165, 1.54) is 12.1 Å². The number of ether oxygens (including phenoxy) is 1. The van der Waals surface area contributed by atoms with Crippen molar-refractivity contribution in [2.45, 2.75) is 6.10 Å². The fourth-order valence-corrected chi connectivity index (χ4v) is 1.78. The molecule has 0 bridgehead atoms. The number of morpholine rings is 1. The highest BCUT2D eigenvalue weighted by atomic mass is 35.5. The summed E-state index contributed by atoms with van der Waals surface area (Å²) in [5.74, 6) is -0.726. The Balaban J connectivity index is 2.36. The first-order chi connectivity index (χ1) is 7.20. The van der Waals surface area contributed by atoms with Gasteiger partial charge in [-0.2, -0.15) is 0 Å². The van der Waals surface area contributed by atoms with Gasteiger partial charge in [0.05, 0.1) is 17.2 Å². The van der Waals surface area contributed by atoms with E-state index in [4.69, 9.17) is 16.3 Å². The summed E-state index contributed by atoms with van der Waals surface area (Å²) in [4.78, 5) is 0. The zero-order chi connectivity index (χ0) is 10.8. The maximum Gasteiger partial charge on any atom is 0.151 e. The highest BCUT2D eigenvalue weighted by molar-refractivity contribution is 6.30. The van der Waals surface area contributed by atoms with E-state index in [0.717, 1.165) is 6.54 Å². The van der Waals surface area contributed by atoms with Gasteiger partial charge in [-0.05, 0) is 12.1 Å². The largest absolute Gasteiger partial charge is 0.507 e. The number of aromatic hydroxyl groups is 1.